The number of rotatable bonds is 4. The Morgan fingerprint density at radius 2 is 2.06 bits per heavy atom. The molecule has 2 aliphatic rings. The van der Waals surface area contributed by atoms with Gasteiger partial charge in [-0.25, -0.2) is 9.79 Å². The van der Waals surface area contributed by atoms with Gasteiger partial charge in [-0.15, -0.1) is 0 Å². The van der Waals surface area contributed by atoms with Gasteiger partial charge in [-0.3, -0.25) is 9.67 Å². The minimum absolute atomic E-state index is 0.0468. The molecule has 164 valence electrons. The summed E-state index contributed by atoms with van der Waals surface area (Å²) in [6.07, 6.45) is 6.33. The van der Waals surface area contributed by atoms with Crippen molar-refractivity contribution in [3.8, 4) is 0 Å². The number of carbonyl (C=O) groups excluding carboxylic acids is 1. The number of fused-ring (bicyclic) bond motifs is 1. The Bertz CT molecular complexity index is 1280. The molecule has 0 saturated heterocycles. The van der Waals surface area contributed by atoms with Crippen molar-refractivity contribution in [1.29, 1.82) is 0 Å². The lowest BCUT2D eigenvalue weighted by Gasteiger charge is -2.36. The molecule has 0 amide bonds. The van der Waals surface area contributed by atoms with Crippen molar-refractivity contribution in [1.82, 2.24) is 19.7 Å². The summed E-state index contributed by atoms with van der Waals surface area (Å²) in [6, 6.07) is 8.64. The van der Waals surface area contributed by atoms with Gasteiger partial charge in [0.15, 0.2) is 6.04 Å². The predicted octanol–water partition coefficient (Wildman–Crippen LogP) is 3.21. The van der Waals surface area contributed by atoms with E-state index in [4.69, 9.17) is 22.1 Å². The first kappa shape index (κ1) is 20.5. The molecule has 2 aromatic heterocycles. The van der Waals surface area contributed by atoms with Crippen LogP contribution in [-0.2, 0) is 16.6 Å². The first-order valence-electron chi connectivity index (χ1n) is 10.5. The number of carbonyl (C=O) groups is 1. The van der Waals surface area contributed by atoms with Crippen LogP contribution in [-0.4, -0.2) is 50.7 Å². The van der Waals surface area contributed by atoms with Gasteiger partial charge in [0.2, 0.25) is 0 Å². The van der Waals surface area contributed by atoms with Crippen LogP contribution in [0.5, 0.6) is 0 Å². The van der Waals surface area contributed by atoms with Gasteiger partial charge >= 0.3 is 5.97 Å². The van der Waals surface area contributed by atoms with Crippen molar-refractivity contribution in [2.75, 3.05) is 7.05 Å². The van der Waals surface area contributed by atoms with E-state index in [1.165, 1.54) is 0 Å². The Morgan fingerprint density at radius 3 is 2.75 bits per heavy atom. The molecule has 0 bridgehead atoms. The molecular weight excluding hydrogens is 428 g/mol. The van der Waals surface area contributed by atoms with Crippen LogP contribution in [0.3, 0.4) is 0 Å². The van der Waals surface area contributed by atoms with E-state index in [0.717, 1.165) is 30.2 Å². The van der Waals surface area contributed by atoms with Crippen LogP contribution in [0.2, 0.25) is 5.02 Å². The Balaban J connectivity index is 1.66. The fraction of sp³-hybridized carbons (Fsp3) is 0.304. The molecule has 1 atom stereocenters. The maximum atomic E-state index is 13.0. The molecule has 1 saturated carbocycles. The monoisotopic (exact) mass is 450 g/mol. The predicted molar refractivity (Wildman–Crippen MR) is 124 cm³/mol. The SMILES string of the molecule is CN1C(c2cc(Cl)c3ncccc3c2)=C(c2ccn(C)n2)N=C(N)C1C(=O)OC1CCC1. The molecule has 1 unspecified atom stereocenters. The van der Waals surface area contributed by atoms with Crippen molar-refractivity contribution in [2.45, 2.75) is 31.4 Å². The second-order valence-corrected chi connectivity index (χ2v) is 8.55. The topological polar surface area (TPSA) is 98.6 Å². The second kappa shape index (κ2) is 7.94. The second-order valence-electron chi connectivity index (χ2n) is 8.14. The molecule has 1 aromatic carbocycles. The quantitative estimate of drug-likeness (QED) is 0.613. The molecule has 1 aliphatic heterocycles. The molecule has 0 spiro atoms. The molecule has 3 aromatic rings. The Hall–Kier alpha value is -3.39. The van der Waals surface area contributed by atoms with Crippen molar-refractivity contribution >= 4 is 45.7 Å². The zero-order chi connectivity index (χ0) is 22.4. The van der Waals surface area contributed by atoms with Gasteiger partial charge in [-0.1, -0.05) is 17.7 Å². The maximum absolute atomic E-state index is 13.0. The summed E-state index contributed by atoms with van der Waals surface area (Å²) in [6.45, 7) is 0. The zero-order valence-electron chi connectivity index (χ0n) is 17.8. The van der Waals surface area contributed by atoms with Crippen molar-refractivity contribution in [3.63, 3.8) is 0 Å². The van der Waals surface area contributed by atoms with Crippen molar-refractivity contribution in [3.05, 3.63) is 59.0 Å². The number of pyridine rings is 1. The molecule has 8 nitrogen and oxygen atoms in total. The van der Waals surface area contributed by atoms with Gasteiger partial charge in [-0.05, 0) is 43.5 Å². The number of hydrogen-bond acceptors (Lipinski definition) is 7. The van der Waals surface area contributed by atoms with Crippen molar-refractivity contribution < 1.29 is 9.53 Å². The largest absolute Gasteiger partial charge is 0.461 e. The number of aliphatic imine (C=N–C) groups is 1. The molecular formula is C23H23ClN6O2. The normalized spacial score (nSPS) is 19.2. The number of esters is 1. The van der Waals surface area contributed by atoms with E-state index in [9.17, 15) is 4.79 Å². The number of amidine groups is 1. The van der Waals surface area contributed by atoms with Crippen LogP contribution in [0.25, 0.3) is 22.3 Å². The van der Waals surface area contributed by atoms with Crippen LogP contribution in [0.15, 0.2) is 47.7 Å². The highest BCUT2D eigenvalue weighted by Gasteiger charge is 2.38. The van der Waals surface area contributed by atoms with Gasteiger partial charge < -0.3 is 15.4 Å². The molecule has 5 rings (SSSR count). The molecule has 0 radical (unpaired) electrons. The van der Waals surface area contributed by atoms with E-state index in [2.05, 4.69) is 15.1 Å². The standard InChI is InChI=1S/C23H23ClN6O2/c1-29-10-8-17(28-29)19-20(14-11-13-5-4-9-26-18(13)16(24)12-14)30(2)21(22(25)27-19)23(31)32-15-6-3-7-15/h4-5,8-12,15,21H,3,6-7H2,1-2H3,(H2,25,27). The molecule has 9 heteroatoms. The fourth-order valence-corrected chi connectivity index (χ4v) is 4.35. The minimum atomic E-state index is -0.832. The number of halogens is 1. The Labute approximate surface area is 190 Å². The lowest BCUT2D eigenvalue weighted by Crippen LogP contribution is -2.51. The van der Waals surface area contributed by atoms with Gasteiger partial charge in [0.1, 0.15) is 23.3 Å². The summed E-state index contributed by atoms with van der Waals surface area (Å²) < 4.78 is 7.36. The summed E-state index contributed by atoms with van der Waals surface area (Å²) >= 11 is 6.57. The summed E-state index contributed by atoms with van der Waals surface area (Å²) in [5.74, 6) is -0.223. The van der Waals surface area contributed by atoms with E-state index < -0.39 is 12.0 Å². The molecule has 1 fully saturated rings. The highest BCUT2D eigenvalue weighted by Crippen LogP contribution is 2.37. The molecule has 32 heavy (non-hydrogen) atoms. The number of nitrogens with two attached hydrogens (primary N) is 1. The summed E-state index contributed by atoms with van der Waals surface area (Å²) in [7, 11) is 3.65. The number of ether oxygens (including phenoxy) is 1. The van der Waals surface area contributed by atoms with Crippen LogP contribution in [0, 0.1) is 0 Å². The van der Waals surface area contributed by atoms with Crippen LogP contribution < -0.4 is 5.73 Å². The van der Waals surface area contributed by atoms with Gasteiger partial charge in [0.05, 0.1) is 16.2 Å². The number of nitrogens with zero attached hydrogens (tertiary/aromatic N) is 5. The Kier molecular flexibility index (Phi) is 5.09. The first-order chi connectivity index (χ1) is 15.4. The summed E-state index contributed by atoms with van der Waals surface area (Å²) in [5, 5.41) is 5.90. The average Bonchev–Trinajstić information content (AvgIpc) is 3.16. The van der Waals surface area contributed by atoms with Gasteiger partial charge in [-0.2, -0.15) is 5.10 Å². The smallest absolute Gasteiger partial charge is 0.337 e. The van der Waals surface area contributed by atoms with Crippen LogP contribution in [0.1, 0.15) is 30.5 Å². The minimum Gasteiger partial charge on any atom is -0.461 e. The highest BCUT2D eigenvalue weighted by atomic mass is 35.5. The van der Waals surface area contributed by atoms with E-state index >= 15 is 0 Å². The fourth-order valence-electron chi connectivity index (χ4n) is 4.08. The number of benzene rings is 1. The number of likely N-dealkylation sites (N-methyl/N-ethyl adjacent to an activating group) is 1. The summed E-state index contributed by atoms with van der Waals surface area (Å²) in [5.41, 5.74) is 9.71. The number of aryl methyl sites for hydroxylation is 1. The van der Waals surface area contributed by atoms with Crippen molar-refractivity contribution in [2.24, 2.45) is 17.8 Å². The van der Waals surface area contributed by atoms with Crippen LogP contribution >= 0.6 is 11.6 Å². The zero-order valence-corrected chi connectivity index (χ0v) is 18.6. The van der Waals surface area contributed by atoms with Crippen LogP contribution in [0.4, 0.5) is 0 Å². The lowest BCUT2D eigenvalue weighted by atomic mass is 9.96. The third-order valence-electron chi connectivity index (χ3n) is 5.93. The summed E-state index contributed by atoms with van der Waals surface area (Å²) in [4.78, 5) is 23.8. The maximum Gasteiger partial charge on any atom is 0.337 e. The van der Waals surface area contributed by atoms with E-state index in [-0.39, 0.29) is 11.9 Å². The highest BCUT2D eigenvalue weighted by molar-refractivity contribution is 6.35. The lowest BCUT2D eigenvalue weighted by molar-refractivity contribution is -0.155. The Morgan fingerprint density at radius 1 is 1.25 bits per heavy atom. The molecule has 1 aliphatic carbocycles. The first-order valence-corrected chi connectivity index (χ1v) is 10.9. The number of hydrogen-bond donors (Lipinski definition) is 1. The molecule has 2 N–H and O–H groups in total. The van der Waals surface area contributed by atoms with Gasteiger partial charge in [0, 0.05) is 37.4 Å². The third kappa shape index (κ3) is 3.50. The van der Waals surface area contributed by atoms with E-state index in [0.29, 0.717) is 27.6 Å². The number of aromatic nitrogens is 3. The third-order valence-corrected chi connectivity index (χ3v) is 6.22. The molecule has 3 heterocycles. The van der Waals surface area contributed by atoms with Gasteiger partial charge in [0.25, 0.3) is 0 Å². The van der Waals surface area contributed by atoms with E-state index in [1.54, 1.807) is 15.8 Å². The average molecular weight is 451 g/mol. The van der Waals surface area contributed by atoms with E-state index in [1.807, 2.05) is 50.6 Å².